The van der Waals surface area contributed by atoms with Crippen LogP contribution in [0.3, 0.4) is 0 Å². The second-order valence-corrected chi connectivity index (χ2v) is 36.8. The molecule has 12 saturated carbocycles. The quantitative estimate of drug-likeness (QED) is 0.160. The smallest absolute Gasteiger partial charge is 0.156 e. The van der Waals surface area contributed by atoms with Gasteiger partial charge in [0.15, 0.2) is 11.6 Å². The molecule has 12 fully saturated rings. The molecule has 0 spiro atoms. The second kappa shape index (κ2) is 28.8. The van der Waals surface area contributed by atoms with E-state index in [-0.39, 0.29) is 63.7 Å². The molecule has 0 saturated heterocycles. The highest BCUT2D eigenvalue weighted by atomic mass is 79.9. The standard InChI is InChI=1S/2C26H40N2O2.C22H35BrO2.C4H6N2.4CH4/c1-17-14-28(16-27-17)15-23(29)22-8-7-20-19-6-5-18-13-24(2,30)11-12-25(18,3)21(19)9-10-26(20,22)4;1-17-14-27-16-28(17)15-23(29)22-8-7-20-19-6-5-18-13-24(2,30)11-12-25(18,3)21(19)9-10-26(20,22)4;1-20(25)10-11-21(2)14(12-20)4-5-15-16-6-7-18(19(24)13-23)22(16,3)9-8-17(15)21;1-4-2-5-3-6-4;;;;/h2*14,16,18-22,30H,5-13,15H2,1-4H3;14-18,25H,4-13H2,1-3H3;2-3H,1H3,(H,5,6);4*1H4/t2*18-,19-,20-,21-,22+,24+,25-,26-;14-,15-,16-,17-,18+,20+,21-,22-;;;;;/m000...../s1. The first-order valence-corrected chi connectivity index (χ1v) is 38.2. The molecule has 3 aromatic heterocycles. The topological polar surface area (TPSA) is 176 Å². The predicted molar refractivity (Wildman–Crippen MR) is 391 cm³/mol. The minimum Gasteiger partial charge on any atom is -0.390 e. The maximum atomic E-state index is 13.4. The van der Waals surface area contributed by atoms with E-state index in [1.54, 1.807) is 25.2 Å². The van der Waals surface area contributed by atoms with E-state index < -0.39 is 16.8 Å². The largest absolute Gasteiger partial charge is 0.390 e. The Bertz CT molecular complexity index is 3080. The van der Waals surface area contributed by atoms with Gasteiger partial charge in [-0.3, -0.25) is 14.4 Å². The number of aromatic amines is 1. The van der Waals surface area contributed by atoms with Crippen LogP contribution in [-0.4, -0.2) is 83.9 Å². The molecule has 13 heteroatoms. The van der Waals surface area contributed by atoms with E-state index in [4.69, 9.17) is 0 Å². The number of carbonyl (C=O) groups excluding carboxylic acids is 3. The second-order valence-electron chi connectivity index (χ2n) is 36.2. The number of imidazole rings is 3. The van der Waals surface area contributed by atoms with Crippen LogP contribution in [0.2, 0.25) is 0 Å². The Balaban J connectivity index is 0.000000172. The molecule has 12 aliphatic carbocycles. The molecule has 0 unspecified atom stereocenters. The molecule has 95 heavy (non-hydrogen) atoms. The van der Waals surface area contributed by atoms with Gasteiger partial charge in [0.1, 0.15) is 5.78 Å². The van der Waals surface area contributed by atoms with Crippen LogP contribution in [0.1, 0.15) is 282 Å². The van der Waals surface area contributed by atoms with Crippen molar-refractivity contribution in [3.63, 3.8) is 0 Å². The summed E-state index contributed by atoms with van der Waals surface area (Å²) in [5, 5.41) is 32.5. The first kappa shape index (κ1) is 77.7. The lowest BCUT2D eigenvalue weighted by Gasteiger charge is -2.61. The number of hydrogen-bond donors (Lipinski definition) is 4. The Morgan fingerprint density at radius 3 is 1.16 bits per heavy atom. The van der Waals surface area contributed by atoms with Gasteiger partial charge in [0, 0.05) is 47.7 Å². The molecule has 15 rings (SSSR count). The highest BCUT2D eigenvalue weighted by Crippen LogP contribution is 2.72. The first-order valence-electron chi connectivity index (χ1n) is 37.1. The molecule has 3 aromatic rings. The summed E-state index contributed by atoms with van der Waals surface area (Å²) in [6, 6.07) is 0. The lowest BCUT2D eigenvalue weighted by atomic mass is 9.44. The van der Waals surface area contributed by atoms with Crippen LogP contribution in [0.5, 0.6) is 0 Å². The number of H-pyrrole nitrogens is 1. The van der Waals surface area contributed by atoms with E-state index in [1.165, 1.54) is 116 Å². The number of aryl methyl sites for hydroxylation is 3. The number of hydrogen-bond acceptors (Lipinski definition) is 9. The van der Waals surface area contributed by atoms with Gasteiger partial charge in [-0.25, -0.2) is 15.0 Å². The number of alkyl halides is 1. The van der Waals surface area contributed by atoms with Gasteiger partial charge in [-0.15, -0.1) is 0 Å². The van der Waals surface area contributed by atoms with Crippen LogP contribution in [0.4, 0.5) is 0 Å². The van der Waals surface area contributed by atoms with Gasteiger partial charge < -0.3 is 29.4 Å². The normalized spacial score (nSPS) is 45.4. The number of nitrogens with zero attached hydrogens (tertiary/aromatic N) is 5. The fourth-order valence-corrected chi connectivity index (χ4v) is 26.4. The average molecular weight is 1380 g/mol. The molecule has 0 aliphatic heterocycles. The van der Waals surface area contributed by atoms with Crippen molar-refractivity contribution in [2.75, 3.05) is 5.33 Å². The van der Waals surface area contributed by atoms with Crippen molar-refractivity contribution in [2.45, 2.75) is 316 Å². The van der Waals surface area contributed by atoms with Crippen molar-refractivity contribution in [3.05, 3.63) is 54.7 Å². The molecule has 538 valence electrons. The number of Topliss-reactive ketones (excluding diaryl/α,β-unsaturated/α-hetero) is 3. The summed E-state index contributed by atoms with van der Waals surface area (Å²) in [7, 11) is 0. The van der Waals surface area contributed by atoms with E-state index >= 15 is 0 Å². The number of rotatable bonds is 8. The molecular weight excluding hydrogens is 1240 g/mol. The van der Waals surface area contributed by atoms with Crippen molar-refractivity contribution in [1.82, 2.24) is 29.1 Å². The van der Waals surface area contributed by atoms with E-state index in [0.29, 0.717) is 81.6 Å². The first-order chi connectivity index (χ1) is 42.9. The van der Waals surface area contributed by atoms with Gasteiger partial charge in [-0.2, -0.15) is 0 Å². The van der Waals surface area contributed by atoms with Gasteiger partial charge in [0.05, 0.1) is 59.9 Å². The molecule has 24 atom stereocenters. The van der Waals surface area contributed by atoms with Gasteiger partial charge in [-0.1, -0.05) is 87.2 Å². The van der Waals surface area contributed by atoms with Crippen molar-refractivity contribution in [1.29, 1.82) is 0 Å². The fraction of sp³-hybridized carbons (Fsp3) is 0.854. The molecular formula is C82H137BrN6O6. The average Bonchev–Trinajstić information content (AvgIpc) is 1.72. The van der Waals surface area contributed by atoms with Crippen LogP contribution < -0.4 is 0 Å². The number of aromatic nitrogens is 6. The molecule has 12 aliphatic rings. The number of aliphatic hydroxyl groups is 3. The predicted octanol–water partition coefficient (Wildman–Crippen LogP) is 19.0. The SMILES string of the molecule is C.C.C.C.C[C@@]1(O)CC[C@@]2(C)[C@@H](CC[C@@H]3[C@@H]2CC[C@]2(C)[C@@H](C(=O)CBr)CC[C@@H]32)C1.Cc1cn(CC(=O)[C@H]2CC[C@H]3[C@@H]4CC[C@H]5C[C@](C)(O)CC[C@]5(C)[C@H]4CC[C@]23C)cn1.Cc1cnc[nH]1.Cc1cncn1CC(=O)[C@H]1CC[C@H]2[C@@H]3CC[C@H]4C[C@](C)(O)CC[C@]4(C)[C@H]3CC[C@]12C. The molecule has 0 bridgehead atoms. The monoisotopic (exact) mass is 1380 g/mol. The maximum absolute atomic E-state index is 13.4. The third-order valence-corrected chi connectivity index (χ3v) is 31.7. The number of ketones is 3. The van der Waals surface area contributed by atoms with E-state index in [9.17, 15) is 29.7 Å². The summed E-state index contributed by atoms with van der Waals surface area (Å²) in [4.78, 5) is 54.4. The van der Waals surface area contributed by atoms with Gasteiger partial charge >= 0.3 is 0 Å². The van der Waals surface area contributed by atoms with Crippen LogP contribution in [-0.2, 0) is 27.5 Å². The minimum atomic E-state index is -0.462. The molecule has 4 N–H and O–H groups in total. The van der Waals surface area contributed by atoms with Crippen LogP contribution >= 0.6 is 15.9 Å². The summed E-state index contributed by atoms with van der Waals surface area (Å²) < 4.78 is 3.99. The Morgan fingerprint density at radius 1 is 0.463 bits per heavy atom. The fourth-order valence-electron chi connectivity index (χ4n) is 26.0. The molecule has 0 radical (unpaired) electrons. The number of halogens is 1. The summed E-state index contributed by atoms with van der Waals surface area (Å²) in [6.45, 7) is 28.1. The summed E-state index contributed by atoms with van der Waals surface area (Å²) in [5.74, 6) is 11.0. The zero-order valence-corrected chi connectivity index (χ0v) is 60.1. The van der Waals surface area contributed by atoms with E-state index in [1.807, 2.05) is 63.1 Å². The van der Waals surface area contributed by atoms with E-state index in [2.05, 4.69) is 77.4 Å². The summed E-state index contributed by atoms with van der Waals surface area (Å²) >= 11 is 3.43. The van der Waals surface area contributed by atoms with Gasteiger partial charge in [0.2, 0.25) is 0 Å². The van der Waals surface area contributed by atoms with Gasteiger partial charge in [-0.05, 0) is 318 Å². The number of nitrogens with one attached hydrogen (secondary N) is 1. The van der Waals surface area contributed by atoms with Crippen LogP contribution in [0, 0.1) is 142 Å². The van der Waals surface area contributed by atoms with Crippen molar-refractivity contribution >= 4 is 33.3 Å². The molecule has 0 aromatic carbocycles. The third-order valence-electron chi connectivity index (χ3n) is 31.1. The number of fused-ring (bicyclic) bond motifs is 15. The molecule has 12 nitrogen and oxygen atoms in total. The van der Waals surface area contributed by atoms with E-state index in [0.717, 1.165) is 116 Å². The Morgan fingerprint density at radius 2 is 0.842 bits per heavy atom. The lowest BCUT2D eigenvalue weighted by Crippen LogP contribution is -2.55. The van der Waals surface area contributed by atoms with Crippen LogP contribution in [0.15, 0.2) is 37.6 Å². The Labute approximate surface area is 586 Å². The molecule has 0 amide bonds. The van der Waals surface area contributed by atoms with Crippen molar-refractivity contribution in [2.24, 2.45) is 121 Å². The maximum Gasteiger partial charge on any atom is 0.156 e. The Kier molecular flexibility index (Phi) is 23.6. The van der Waals surface area contributed by atoms with Crippen LogP contribution in [0.25, 0.3) is 0 Å². The minimum absolute atomic E-state index is 0. The zero-order chi connectivity index (χ0) is 65.1. The highest BCUT2D eigenvalue weighted by Gasteiger charge is 2.65. The molecule has 3 heterocycles. The van der Waals surface area contributed by atoms with Crippen molar-refractivity contribution in [3.8, 4) is 0 Å². The highest BCUT2D eigenvalue weighted by molar-refractivity contribution is 9.09. The lowest BCUT2D eigenvalue weighted by molar-refractivity contribution is -0.151. The van der Waals surface area contributed by atoms with Crippen molar-refractivity contribution < 1.29 is 29.7 Å². The van der Waals surface area contributed by atoms with Gasteiger partial charge in [0.25, 0.3) is 0 Å². The zero-order valence-electron chi connectivity index (χ0n) is 58.5. The Hall–Kier alpha value is -3.00. The summed E-state index contributed by atoms with van der Waals surface area (Å²) in [5.41, 5.74) is 3.60. The number of carbonyl (C=O) groups is 3. The summed E-state index contributed by atoms with van der Waals surface area (Å²) in [6.07, 6.45) is 42.6. The third kappa shape index (κ3) is 14.2.